The molecule has 2 aliphatic rings. The Morgan fingerprint density at radius 3 is 2.57 bits per heavy atom. The zero-order valence-electron chi connectivity index (χ0n) is 16.1. The van der Waals surface area contributed by atoms with E-state index in [4.69, 9.17) is 0 Å². The number of aryl methyl sites for hydroxylation is 1. The van der Waals surface area contributed by atoms with Gasteiger partial charge in [0, 0.05) is 18.8 Å². The second kappa shape index (κ2) is 8.46. The number of nitrogens with zero attached hydrogens (tertiary/aromatic N) is 1. The van der Waals surface area contributed by atoms with Crippen LogP contribution in [0, 0.1) is 5.92 Å². The van der Waals surface area contributed by atoms with E-state index >= 15 is 0 Å². The third-order valence-corrected chi connectivity index (χ3v) is 5.79. The summed E-state index contributed by atoms with van der Waals surface area (Å²) in [5.41, 5.74) is 3.36. The Balaban J connectivity index is 1.37. The lowest BCUT2D eigenvalue weighted by atomic mass is 9.87. The van der Waals surface area contributed by atoms with E-state index in [2.05, 4.69) is 28.8 Å². The van der Waals surface area contributed by atoms with Gasteiger partial charge in [-0.3, -0.25) is 4.79 Å². The number of nitrogens with one attached hydrogen (secondary N) is 2. The fourth-order valence-corrected chi connectivity index (χ4v) is 4.29. The Morgan fingerprint density at radius 1 is 0.929 bits per heavy atom. The zero-order valence-corrected chi connectivity index (χ0v) is 16.1. The normalized spacial score (nSPS) is 21.5. The summed E-state index contributed by atoms with van der Waals surface area (Å²) in [7, 11) is 0. The van der Waals surface area contributed by atoms with Crippen LogP contribution in [0.2, 0.25) is 0 Å². The summed E-state index contributed by atoms with van der Waals surface area (Å²) < 4.78 is 0. The number of para-hydroxylation sites is 1. The quantitative estimate of drug-likeness (QED) is 0.845. The fourth-order valence-electron chi connectivity index (χ4n) is 4.29. The topological polar surface area (TPSA) is 61.4 Å². The number of rotatable bonds is 3. The van der Waals surface area contributed by atoms with Crippen molar-refractivity contribution in [1.82, 2.24) is 10.2 Å². The summed E-state index contributed by atoms with van der Waals surface area (Å²) in [6.45, 7) is 1.16. The second-order valence-corrected chi connectivity index (χ2v) is 7.73. The van der Waals surface area contributed by atoms with Crippen LogP contribution in [0.4, 0.5) is 10.5 Å². The fraction of sp³-hybridized carbons (Fsp3) is 0.391. The first-order valence-corrected chi connectivity index (χ1v) is 10.2. The number of benzene rings is 2. The van der Waals surface area contributed by atoms with Crippen LogP contribution in [0.3, 0.4) is 0 Å². The van der Waals surface area contributed by atoms with Crippen LogP contribution in [0.25, 0.3) is 0 Å². The Bertz CT molecular complexity index is 837. The minimum atomic E-state index is -0.149. The molecular weight excluding hydrogens is 350 g/mol. The minimum absolute atomic E-state index is 0.0684. The van der Waals surface area contributed by atoms with Crippen molar-refractivity contribution in [3.05, 3.63) is 65.7 Å². The molecule has 1 aliphatic heterocycles. The molecule has 2 atom stereocenters. The van der Waals surface area contributed by atoms with Crippen LogP contribution >= 0.6 is 0 Å². The van der Waals surface area contributed by atoms with E-state index in [0.29, 0.717) is 13.1 Å². The molecule has 3 amide bonds. The van der Waals surface area contributed by atoms with Gasteiger partial charge >= 0.3 is 6.03 Å². The molecule has 1 saturated heterocycles. The number of carbonyl (C=O) groups excluding carboxylic acids is 2. The van der Waals surface area contributed by atoms with E-state index < -0.39 is 0 Å². The first kappa shape index (κ1) is 18.5. The Kier molecular flexibility index (Phi) is 5.60. The van der Waals surface area contributed by atoms with Gasteiger partial charge < -0.3 is 15.5 Å². The molecule has 0 saturated carbocycles. The van der Waals surface area contributed by atoms with Gasteiger partial charge in [0.15, 0.2) is 0 Å². The summed E-state index contributed by atoms with van der Waals surface area (Å²) in [5.74, 6) is -0.0803. The number of fused-ring (bicyclic) bond motifs is 1. The predicted molar refractivity (Wildman–Crippen MR) is 110 cm³/mol. The van der Waals surface area contributed by atoms with Crippen LogP contribution in [0.5, 0.6) is 0 Å². The van der Waals surface area contributed by atoms with Gasteiger partial charge in [-0.2, -0.15) is 0 Å². The third kappa shape index (κ3) is 4.19. The van der Waals surface area contributed by atoms with Crippen molar-refractivity contribution in [2.45, 2.75) is 38.1 Å². The van der Waals surface area contributed by atoms with Gasteiger partial charge in [-0.1, -0.05) is 42.5 Å². The largest absolute Gasteiger partial charge is 0.349 e. The maximum Gasteiger partial charge on any atom is 0.321 e. The molecule has 4 rings (SSSR count). The highest BCUT2D eigenvalue weighted by atomic mass is 16.2. The lowest BCUT2D eigenvalue weighted by Gasteiger charge is -2.34. The standard InChI is InChI=1S/C23H27N3O2/c27-22(25-21-14-6-9-17-8-4-5-13-20(17)21)18-10-7-15-26(16-18)23(28)24-19-11-2-1-3-12-19/h1-5,8,11-13,18,21H,6-7,9-10,14-16H2,(H,24,28)(H,25,27). The van der Waals surface area contributed by atoms with Gasteiger partial charge in [-0.05, 0) is 55.4 Å². The van der Waals surface area contributed by atoms with Crippen molar-refractivity contribution in [1.29, 1.82) is 0 Å². The molecule has 2 aromatic rings. The van der Waals surface area contributed by atoms with E-state index in [0.717, 1.165) is 37.8 Å². The van der Waals surface area contributed by atoms with Crippen molar-refractivity contribution < 1.29 is 9.59 Å². The molecule has 0 spiro atoms. The molecule has 5 heteroatoms. The second-order valence-electron chi connectivity index (χ2n) is 7.73. The average molecular weight is 377 g/mol. The van der Waals surface area contributed by atoms with E-state index in [1.54, 1.807) is 4.90 Å². The molecular formula is C23H27N3O2. The van der Waals surface area contributed by atoms with E-state index in [9.17, 15) is 9.59 Å². The van der Waals surface area contributed by atoms with Gasteiger partial charge in [0.25, 0.3) is 0 Å². The van der Waals surface area contributed by atoms with Crippen molar-refractivity contribution in [3.8, 4) is 0 Å². The van der Waals surface area contributed by atoms with Crippen molar-refractivity contribution in [2.24, 2.45) is 5.92 Å². The molecule has 1 heterocycles. The number of urea groups is 1. The molecule has 2 N–H and O–H groups in total. The smallest absolute Gasteiger partial charge is 0.321 e. The van der Waals surface area contributed by atoms with Crippen molar-refractivity contribution >= 4 is 17.6 Å². The van der Waals surface area contributed by atoms with Gasteiger partial charge in [-0.25, -0.2) is 4.79 Å². The third-order valence-electron chi connectivity index (χ3n) is 5.79. The highest BCUT2D eigenvalue weighted by molar-refractivity contribution is 5.90. The van der Waals surface area contributed by atoms with Gasteiger partial charge in [-0.15, -0.1) is 0 Å². The molecule has 2 aromatic carbocycles. The van der Waals surface area contributed by atoms with Crippen LogP contribution in [0.15, 0.2) is 54.6 Å². The maximum absolute atomic E-state index is 12.9. The maximum atomic E-state index is 12.9. The Labute approximate surface area is 166 Å². The number of hydrogen-bond acceptors (Lipinski definition) is 2. The van der Waals surface area contributed by atoms with Crippen LogP contribution in [0.1, 0.15) is 42.9 Å². The Morgan fingerprint density at radius 2 is 1.71 bits per heavy atom. The number of piperidine rings is 1. The van der Waals surface area contributed by atoms with Crippen LogP contribution in [-0.2, 0) is 11.2 Å². The molecule has 0 bridgehead atoms. The van der Waals surface area contributed by atoms with Crippen molar-refractivity contribution in [3.63, 3.8) is 0 Å². The molecule has 0 aromatic heterocycles. The summed E-state index contributed by atoms with van der Waals surface area (Å²) in [4.78, 5) is 27.3. The van der Waals surface area contributed by atoms with E-state index in [1.807, 2.05) is 36.4 Å². The summed E-state index contributed by atoms with van der Waals surface area (Å²) in [6, 6.07) is 17.8. The first-order chi connectivity index (χ1) is 13.7. The summed E-state index contributed by atoms with van der Waals surface area (Å²) in [6.07, 6.45) is 4.84. The van der Waals surface area contributed by atoms with Gasteiger partial charge in [0.1, 0.15) is 0 Å². The number of carbonyl (C=O) groups is 2. The number of likely N-dealkylation sites (tertiary alicyclic amines) is 1. The Hall–Kier alpha value is -2.82. The SMILES string of the molecule is O=C(NC1CCCc2ccccc21)C1CCCN(C(=O)Nc2ccccc2)C1. The number of anilines is 1. The van der Waals surface area contributed by atoms with Crippen molar-refractivity contribution in [2.75, 3.05) is 18.4 Å². The van der Waals surface area contributed by atoms with Crippen LogP contribution < -0.4 is 10.6 Å². The zero-order chi connectivity index (χ0) is 19.3. The van der Waals surface area contributed by atoms with E-state index in [1.165, 1.54) is 11.1 Å². The lowest BCUT2D eigenvalue weighted by Crippen LogP contribution is -2.47. The molecule has 1 fully saturated rings. The average Bonchev–Trinajstić information content (AvgIpc) is 2.75. The highest BCUT2D eigenvalue weighted by Crippen LogP contribution is 2.30. The number of hydrogen-bond donors (Lipinski definition) is 2. The monoisotopic (exact) mass is 377 g/mol. The van der Waals surface area contributed by atoms with Gasteiger partial charge in [0.05, 0.1) is 12.0 Å². The summed E-state index contributed by atoms with van der Waals surface area (Å²) >= 11 is 0. The van der Waals surface area contributed by atoms with Gasteiger partial charge in [0.2, 0.25) is 5.91 Å². The summed E-state index contributed by atoms with van der Waals surface area (Å²) in [5, 5.41) is 6.18. The predicted octanol–water partition coefficient (Wildman–Crippen LogP) is 4.12. The first-order valence-electron chi connectivity index (χ1n) is 10.2. The highest BCUT2D eigenvalue weighted by Gasteiger charge is 2.30. The number of amides is 3. The molecule has 146 valence electrons. The molecule has 5 nitrogen and oxygen atoms in total. The lowest BCUT2D eigenvalue weighted by molar-refractivity contribution is -0.127. The molecule has 2 unspecified atom stereocenters. The molecule has 1 aliphatic carbocycles. The minimum Gasteiger partial charge on any atom is -0.349 e. The van der Waals surface area contributed by atoms with Crippen LogP contribution in [-0.4, -0.2) is 29.9 Å². The van der Waals surface area contributed by atoms with E-state index in [-0.39, 0.29) is 23.9 Å². The molecule has 28 heavy (non-hydrogen) atoms. The molecule has 0 radical (unpaired) electrons.